The maximum atomic E-state index is 13.4. The molecule has 1 aromatic rings. The van der Waals surface area contributed by atoms with Crippen LogP contribution in [0.3, 0.4) is 0 Å². The lowest BCUT2D eigenvalue weighted by Gasteiger charge is -2.28. The zero-order chi connectivity index (χ0) is 31.1. The van der Waals surface area contributed by atoms with Crippen LogP contribution >= 0.6 is 0 Å². The second kappa shape index (κ2) is 17.5. The molecule has 0 aliphatic carbocycles. The van der Waals surface area contributed by atoms with Gasteiger partial charge in [-0.3, -0.25) is 29.0 Å². The minimum absolute atomic E-state index is 0.104. The van der Waals surface area contributed by atoms with Gasteiger partial charge in [0.2, 0.25) is 29.5 Å². The molecule has 0 spiro atoms. The van der Waals surface area contributed by atoms with Gasteiger partial charge in [-0.25, -0.2) is 0 Å². The molecule has 0 aliphatic heterocycles. The van der Waals surface area contributed by atoms with Gasteiger partial charge in [0.15, 0.2) is 5.96 Å². The molecule has 0 heterocycles. The Morgan fingerprint density at radius 1 is 0.805 bits per heavy atom. The van der Waals surface area contributed by atoms with Crippen LogP contribution in [0.5, 0.6) is 0 Å². The van der Waals surface area contributed by atoms with E-state index in [0.29, 0.717) is 12.8 Å². The van der Waals surface area contributed by atoms with E-state index in [9.17, 15) is 24.0 Å². The first-order valence-corrected chi connectivity index (χ1v) is 13.8. The van der Waals surface area contributed by atoms with Crippen LogP contribution in [-0.2, 0) is 30.4 Å². The van der Waals surface area contributed by atoms with Crippen molar-refractivity contribution in [2.75, 3.05) is 6.54 Å². The zero-order valence-electron chi connectivity index (χ0n) is 24.6. The van der Waals surface area contributed by atoms with Gasteiger partial charge in [-0.15, -0.1) is 0 Å². The molecule has 0 saturated carbocycles. The standard InChI is InChI=1S/C28H46N8O5/c1-6-17(4)23(24(29)38)36-25(39)20(13-10-14-32-28(30)31)34-27(41)22(16(2)3)35-26(40)21(33-18(5)37)15-19-11-8-7-9-12-19/h7-9,11-12,16-17,20-23H,6,10,13-15H2,1-5H3,(H2,29,38)(H,33,37)(H,34,41)(H,35,40)(H,36,39)(H4,30,31,32)/t17-,20-,21-,22-,23-/m0/s1. The molecule has 0 fully saturated rings. The van der Waals surface area contributed by atoms with E-state index < -0.39 is 53.7 Å². The molecule has 0 bridgehead atoms. The Kier molecular flexibility index (Phi) is 14.9. The van der Waals surface area contributed by atoms with E-state index in [0.717, 1.165) is 5.56 Å². The number of nitrogens with zero attached hydrogens (tertiary/aromatic N) is 1. The van der Waals surface area contributed by atoms with Crippen molar-refractivity contribution in [3.8, 4) is 0 Å². The summed E-state index contributed by atoms with van der Waals surface area (Å²) in [5.41, 5.74) is 17.1. The Morgan fingerprint density at radius 2 is 1.39 bits per heavy atom. The van der Waals surface area contributed by atoms with Crippen LogP contribution in [0, 0.1) is 11.8 Å². The van der Waals surface area contributed by atoms with E-state index in [1.54, 1.807) is 20.8 Å². The summed E-state index contributed by atoms with van der Waals surface area (Å²) >= 11 is 0. The SMILES string of the molecule is CC[C@H](C)[C@H](NC(=O)[C@H](CCCN=C(N)N)NC(=O)[C@@H](NC(=O)[C@H](Cc1ccccc1)NC(C)=O)C(C)C)C(N)=O. The highest BCUT2D eigenvalue weighted by atomic mass is 16.2. The number of amides is 5. The van der Waals surface area contributed by atoms with Gasteiger partial charge in [0.1, 0.15) is 24.2 Å². The van der Waals surface area contributed by atoms with Crippen molar-refractivity contribution in [1.29, 1.82) is 0 Å². The number of hydrogen-bond acceptors (Lipinski definition) is 6. The van der Waals surface area contributed by atoms with Crippen molar-refractivity contribution in [2.45, 2.75) is 84.5 Å². The molecule has 41 heavy (non-hydrogen) atoms. The highest BCUT2D eigenvalue weighted by molar-refractivity contribution is 5.95. The highest BCUT2D eigenvalue weighted by Crippen LogP contribution is 2.11. The smallest absolute Gasteiger partial charge is 0.243 e. The van der Waals surface area contributed by atoms with Gasteiger partial charge in [0.25, 0.3) is 0 Å². The molecule has 10 N–H and O–H groups in total. The third kappa shape index (κ3) is 12.7. The van der Waals surface area contributed by atoms with Crippen LogP contribution in [0.15, 0.2) is 35.3 Å². The zero-order valence-corrected chi connectivity index (χ0v) is 24.6. The van der Waals surface area contributed by atoms with Crippen molar-refractivity contribution in [3.05, 3.63) is 35.9 Å². The van der Waals surface area contributed by atoms with E-state index in [-0.39, 0.29) is 37.2 Å². The number of benzene rings is 1. The Labute approximate surface area is 241 Å². The summed E-state index contributed by atoms with van der Waals surface area (Å²) in [4.78, 5) is 67.7. The summed E-state index contributed by atoms with van der Waals surface area (Å²) in [6, 6.07) is 5.22. The molecule has 0 radical (unpaired) electrons. The molecule has 0 aromatic heterocycles. The predicted octanol–water partition coefficient (Wildman–Crippen LogP) is -0.571. The van der Waals surface area contributed by atoms with Gasteiger partial charge in [-0.05, 0) is 30.2 Å². The minimum Gasteiger partial charge on any atom is -0.370 e. The number of guanidine groups is 1. The average molecular weight is 575 g/mol. The van der Waals surface area contributed by atoms with Gasteiger partial charge in [0.05, 0.1) is 0 Å². The van der Waals surface area contributed by atoms with Crippen molar-refractivity contribution in [3.63, 3.8) is 0 Å². The molecule has 0 aliphatic rings. The topological polar surface area (TPSA) is 224 Å². The summed E-state index contributed by atoms with van der Waals surface area (Å²) in [7, 11) is 0. The Hall–Kier alpha value is -4.16. The first kappa shape index (κ1) is 34.9. The van der Waals surface area contributed by atoms with E-state index in [4.69, 9.17) is 17.2 Å². The molecule has 1 aromatic carbocycles. The number of nitrogens with one attached hydrogen (secondary N) is 4. The Balaban J connectivity index is 3.13. The number of carbonyl (C=O) groups excluding carboxylic acids is 5. The predicted molar refractivity (Wildman–Crippen MR) is 157 cm³/mol. The molecule has 13 nitrogen and oxygen atoms in total. The third-order valence-corrected chi connectivity index (χ3v) is 6.62. The lowest BCUT2D eigenvalue weighted by atomic mass is 9.97. The first-order valence-electron chi connectivity index (χ1n) is 13.8. The quantitative estimate of drug-likeness (QED) is 0.0728. The van der Waals surface area contributed by atoms with Gasteiger partial charge >= 0.3 is 0 Å². The molecule has 228 valence electrons. The van der Waals surface area contributed by atoms with Crippen LogP contribution in [0.4, 0.5) is 0 Å². The maximum absolute atomic E-state index is 13.4. The lowest BCUT2D eigenvalue weighted by molar-refractivity contribution is -0.135. The summed E-state index contributed by atoms with van der Waals surface area (Å²) in [6.45, 7) is 8.66. The van der Waals surface area contributed by atoms with E-state index in [1.165, 1.54) is 6.92 Å². The number of hydrogen-bond donors (Lipinski definition) is 7. The summed E-state index contributed by atoms with van der Waals surface area (Å²) in [5, 5.41) is 10.7. The third-order valence-electron chi connectivity index (χ3n) is 6.62. The van der Waals surface area contributed by atoms with Gasteiger partial charge in [-0.1, -0.05) is 64.4 Å². The fourth-order valence-corrected chi connectivity index (χ4v) is 4.11. The number of primary amides is 1. The largest absolute Gasteiger partial charge is 0.370 e. The van der Waals surface area contributed by atoms with E-state index >= 15 is 0 Å². The molecule has 5 amide bonds. The van der Waals surface area contributed by atoms with E-state index in [2.05, 4.69) is 26.3 Å². The lowest BCUT2D eigenvalue weighted by Crippen LogP contribution is -2.60. The van der Waals surface area contributed by atoms with Crippen LogP contribution < -0.4 is 38.5 Å². The van der Waals surface area contributed by atoms with Gasteiger partial charge in [-0.2, -0.15) is 0 Å². The van der Waals surface area contributed by atoms with Crippen LogP contribution in [0.1, 0.15) is 59.4 Å². The molecule has 0 saturated heterocycles. The van der Waals surface area contributed by atoms with E-state index in [1.807, 2.05) is 37.3 Å². The molecule has 1 rings (SSSR count). The molecular formula is C28H46N8O5. The fraction of sp³-hybridized carbons (Fsp3) is 0.571. The van der Waals surface area contributed by atoms with Crippen molar-refractivity contribution >= 4 is 35.5 Å². The molecule has 5 atom stereocenters. The average Bonchev–Trinajstić information content (AvgIpc) is 2.90. The normalized spacial score (nSPS) is 14.5. The maximum Gasteiger partial charge on any atom is 0.243 e. The first-order chi connectivity index (χ1) is 19.3. The fourth-order valence-electron chi connectivity index (χ4n) is 4.11. The number of rotatable bonds is 17. The summed E-state index contributed by atoms with van der Waals surface area (Å²) in [5.74, 6) is -3.52. The van der Waals surface area contributed by atoms with Crippen molar-refractivity contribution in [1.82, 2.24) is 21.3 Å². The highest BCUT2D eigenvalue weighted by Gasteiger charge is 2.33. The van der Waals surface area contributed by atoms with Crippen LogP contribution in [0.2, 0.25) is 0 Å². The summed E-state index contributed by atoms with van der Waals surface area (Å²) < 4.78 is 0. The van der Waals surface area contributed by atoms with Gasteiger partial charge in [0, 0.05) is 19.9 Å². The Morgan fingerprint density at radius 3 is 1.90 bits per heavy atom. The number of carbonyl (C=O) groups is 5. The second-order valence-corrected chi connectivity index (χ2v) is 10.5. The molecule has 13 heteroatoms. The number of aliphatic imine (C=N–C) groups is 1. The Bertz CT molecular complexity index is 1060. The van der Waals surface area contributed by atoms with Crippen molar-refractivity contribution in [2.24, 2.45) is 34.0 Å². The van der Waals surface area contributed by atoms with Crippen molar-refractivity contribution < 1.29 is 24.0 Å². The second-order valence-electron chi connectivity index (χ2n) is 10.5. The number of nitrogens with two attached hydrogens (primary N) is 3. The monoisotopic (exact) mass is 574 g/mol. The van der Waals surface area contributed by atoms with Crippen LogP contribution in [-0.4, -0.2) is 66.2 Å². The minimum atomic E-state index is -1.06. The molecular weight excluding hydrogens is 528 g/mol. The van der Waals surface area contributed by atoms with Gasteiger partial charge < -0.3 is 38.5 Å². The molecule has 0 unspecified atom stereocenters. The van der Waals surface area contributed by atoms with Crippen LogP contribution in [0.25, 0.3) is 0 Å². The summed E-state index contributed by atoms with van der Waals surface area (Å²) in [6.07, 6.45) is 1.32.